The Hall–Kier alpha value is -4.23. The second kappa shape index (κ2) is 9.33. The maximum Gasteiger partial charge on any atom is 0.339 e. The fourth-order valence-corrected chi connectivity index (χ4v) is 3.79. The molecule has 0 aromatic heterocycles. The number of ether oxygens (including phenoxy) is 1. The predicted octanol–water partition coefficient (Wildman–Crippen LogP) is 5.81. The van der Waals surface area contributed by atoms with Gasteiger partial charge in [-0.3, -0.25) is 19.8 Å². The van der Waals surface area contributed by atoms with Crippen molar-refractivity contribution in [1.82, 2.24) is 0 Å². The van der Waals surface area contributed by atoms with Crippen molar-refractivity contribution < 1.29 is 19.2 Å². The summed E-state index contributed by atoms with van der Waals surface area (Å²) in [7, 11) is 1.26. The number of rotatable bonds is 5. The Morgan fingerprint density at radius 1 is 1.06 bits per heavy atom. The number of hydrogen-bond donors (Lipinski definition) is 0. The van der Waals surface area contributed by atoms with Crippen LogP contribution in [0.3, 0.4) is 0 Å². The monoisotopic (exact) mass is 474 g/mol. The highest BCUT2D eigenvalue weighted by Gasteiger charge is 2.31. The van der Waals surface area contributed by atoms with Crippen molar-refractivity contribution in [2.75, 3.05) is 12.0 Å². The van der Waals surface area contributed by atoms with Crippen LogP contribution in [0.25, 0.3) is 11.8 Å². The lowest BCUT2D eigenvalue weighted by Crippen LogP contribution is -2.25. The number of nitro benzene ring substituents is 1. The molecule has 0 aliphatic carbocycles. The summed E-state index contributed by atoms with van der Waals surface area (Å²) in [6.45, 7) is 1.97. The Labute approximate surface area is 200 Å². The van der Waals surface area contributed by atoms with Crippen LogP contribution < -0.4 is 4.90 Å². The molecule has 0 radical (unpaired) electrons. The van der Waals surface area contributed by atoms with Crippen molar-refractivity contribution in [1.29, 1.82) is 0 Å². The smallest absolute Gasteiger partial charge is 0.339 e. The third kappa shape index (κ3) is 4.46. The van der Waals surface area contributed by atoms with Gasteiger partial charge in [-0.2, -0.15) is 0 Å². The van der Waals surface area contributed by atoms with Crippen LogP contribution in [-0.2, 0) is 9.53 Å². The standard InChI is InChI=1S/C26H19ClN2O5/c1-16-3-7-18(8-4-16)24-14-19(13-17-5-9-20(10-6-17)29(32)33)25(30)28(24)21-11-12-23(27)22(15-21)26(31)34-2/h3-15H,1-2H3/b19-13+. The lowest BCUT2D eigenvalue weighted by atomic mass is 10.1. The first kappa shape index (κ1) is 22.9. The molecule has 1 aliphatic heterocycles. The second-order valence-corrected chi connectivity index (χ2v) is 8.05. The number of esters is 1. The molecular weight excluding hydrogens is 456 g/mol. The third-order valence-electron chi connectivity index (χ3n) is 5.37. The van der Waals surface area contributed by atoms with Crippen LogP contribution in [0.2, 0.25) is 5.02 Å². The first-order valence-electron chi connectivity index (χ1n) is 10.3. The number of carbonyl (C=O) groups excluding carboxylic acids is 2. The molecule has 0 spiro atoms. The molecule has 1 heterocycles. The second-order valence-electron chi connectivity index (χ2n) is 7.64. The summed E-state index contributed by atoms with van der Waals surface area (Å²) in [4.78, 5) is 37.6. The molecule has 0 bridgehead atoms. The van der Waals surface area contributed by atoms with Crippen molar-refractivity contribution in [3.05, 3.63) is 116 Å². The largest absolute Gasteiger partial charge is 0.465 e. The number of amides is 1. The van der Waals surface area contributed by atoms with Crippen molar-refractivity contribution in [3.63, 3.8) is 0 Å². The average Bonchev–Trinajstić information content (AvgIpc) is 3.15. The number of hydrogen-bond acceptors (Lipinski definition) is 5. The summed E-state index contributed by atoms with van der Waals surface area (Å²) in [5.74, 6) is -0.923. The van der Waals surface area contributed by atoms with Gasteiger partial charge in [0.25, 0.3) is 11.6 Å². The maximum absolute atomic E-state index is 13.5. The van der Waals surface area contributed by atoms with E-state index in [0.29, 0.717) is 22.5 Å². The molecule has 170 valence electrons. The van der Waals surface area contributed by atoms with E-state index in [9.17, 15) is 19.7 Å². The molecule has 1 aliphatic rings. The van der Waals surface area contributed by atoms with Crippen LogP contribution in [0, 0.1) is 17.0 Å². The van der Waals surface area contributed by atoms with Crippen LogP contribution in [0.1, 0.15) is 27.0 Å². The first-order chi connectivity index (χ1) is 16.3. The van der Waals surface area contributed by atoms with Gasteiger partial charge in [0.2, 0.25) is 0 Å². The average molecular weight is 475 g/mol. The molecule has 7 nitrogen and oxygen atoms in total. The lowest BCUT2D eigenvalue weighted by Gasteiger charge is -2.22. The van der Waals surface area contributed by atoms with Gasteiger partial charge < -0.3 is 4.74 Å². The molecule has 0 saturated carbocycles. The van der Waals surface area contributed by atoms with Gasteiger partial charge in [0.15, 0.2) is 0 Å². The predicted molar refractivity (Wildman–Crippen MR) is 131 cm³/mol. The third-order valence-corrected chi connectivity index (χ3v) is 5.70. The van der Waals surface area contributed by atoms with E-state index >= 15 is 0 Å². The molecule has 8 heteroatoms. The molecule has 34 heavy (non-hydrogen) atoms. The van der Waals surface area contributed by atoms with E-state index in [4.69, 9.17) is 16.3 Å². The number of methoxy groups -OCH3 is 1. The van der Waals surface area contributed by atoms with Gasteiger partial charge in [-0.25, -0.2) is 4.79 Å². The highest BCUT2D eigenvalue weighted by Crippen LogP contribution is 2.37. The fraction of sp³-hybridized carbons (Fsp3) is 0.0769. The van der Waals surface area contributed by atoms with E-state index in [2.05, 4.69) is 0 Å². The van der Waals surface area contributed by atoms with Crippen LogP contribution in [0.4, 0.5) is 11.4 Å². The minimum atomic E-state index is -0.610. The molecule has 0 saturated heterocycles. The first-order valence-corrected chi connectivity index (χ1v) is 10.6. The molecule has 1 amide bonds. The fourth-order valence-electron chi connectivity index (χ4n) is 3.60. The topological polar surface area (TPSA) is 89.8 Å². The van der Waals surface area contributed by atoms with Crippen molar-refractivity contribution >= 4 is 46.6 Å². The Kier molecular flexibility index (Phi) is 6.30. The zero-order chi connectivity index (χ0) is 24.4. The SMILES string of the molecule is COC(=O)c1cc(N2C(=O)/C(=C/c3ccc([N+](=O)[O-])cc3)C=C2c2ccc(C)cc2)ccc1Cl. The molecule has 3 aromatic rings. The molecule has 0 N–H and O–H groups in total. The van der Waals surface area contributed by atoms with Gasteiger partial charge in [-0.15, -0.1) is 0 Å². The van der Waals surface area contributed by atoms with Gasteiger partial charge in [0, 0.05) is 17.7 Å². The molecular formula is C26H19ClN2O5. The van der Waals surface area contributed by atoms with E-state index in [1.165, 1.54) is 30.2 Å². The minimum absolute atomic E-state index is 0.0334. The highest BCUT2D eigenvalue weighted by molar-refractivity contribution is 6.34. The summed E-state index contributed by atoms with van der Waals surface area (Å²) in [5, 5.41) is 11.1. The molecule has 3 aromatic carbocycles. The van der Waals surface area contributed by atoms with E-state index in [1.807, 2.05) is 31.2 Å². The number of carbonyl (C=O) groups is 2. The van der Waals surface area contributed by atoms with E-state index < -0.39 is 10.9 Å². The number of nitrogens with zero attached hydrogens (tertiary/aromatic N) is 2. The Balaban J connectivity index is 1.81. The summed E-state index contributed by atoms with van der Waals surface area (Å²) < 4.78 is 4.81. The number of non-ortho nitro benzene ring substituents is 1. The van der Waals surface area contributed by atoms with Crippen molar-refractivity contribution in [2.45, 2.75) is 6.92 Å². The zero-order valence-corrected chi connectivity index (χ0v) is 19.1. The number of halogens is 1. The quantitative estimate of drug-likeness (QED) is 0.201. The summed E-state index contributed by atoms with van der Waals surface area (Å²) in [6.07, 6.45) is 3.41. The number of anilines is 1. The van der Waals surface area contributed by atoms with Crippen molar-refractivity contribution in [3.8, 4) is 0 Å². The van der Waals surface area contributed by atoms with Gasteiger partial charge in [-0.05, 0) is 60.5 Å². The minimum Gasteiger partial charge on any atom is -0.465 e. The number of nitro groups is 1. The number of aryl methyl sites for hydroxylation is 1. The van der Waals surface area contributed by atoms with Gasteiger partial charge in [-0.1, -0.05) is 41.4 Å². The molecule has 4 rings (SSSR count). The highest BCUT2D eigenvalue weighted by atomic mass is 35.5. The van der Waals surface area contributed by atoms with E-state index in [0.717, 1.165) is 11.1 Å². The van der Waals surface area contributed by atoms with Gasteiger partial charge in [0.05, 0.1) is 34.0 Å². The van der Waals surface area contributed by atoms with Crippen LogP contribution in [0.5, 0.6) is 0 Å². The van der Waals surface area contributed by atoms with E-state index in [1.54, 1.807) is 36.4 Å². The number of benzene rings is 3. The summed E-state index contributed by atoms with van der Waals surface area (Å²) in [6, 6.07) is 18.4. The zero-order valence-electron chi connectivity index (χ0n) is 18.3. The molecule has 0 fully saturated rings. The molecule has 0 unspecified atom stereocenters. The van der Waals surface area contributed by atoms with Crippen LogP contribution in [0.15, 0.2) is 78.4 Å². The van der Waals surface area contributed by atoms with Crippen molar-refractivity contribution in [2.24, 2.45) is 0 Å². The van der Waals surface area contributed by atoms with Crippen LogP contribution >= 0.6 is 11.6 Å². The molecule has 0 atom stereocenters. The maximum atomic E-state index is 13.5. The van der Waals surface area contributed by atoms with Gasteiger partial charge in [0.1, 0.15) is 0 Å². The normalized spacial score (nSPS) is 14.3. The Morgan fingerprint density at radius 3 is 2.35 bits per heavy atom. The Morgan fingerprint density at radius 2 is 1.74 bits per heavy atom. The lowest BCUT2D eigenvalue weighted by molar-refractivity contribution is -0.384. The van der Waals surface area contributed by atoms with Crippen LogP contribution in [-0.4, -0.2) is 23.9 Å². The summed E-state index contributed by atoms with van der Waals surface area (Å²) in [5.41, 5.74) is 4.09. The Bertz CT molecular complexity index is 1360. The van der Waals surface area contributed by atoms with E-state index in [-0.39, 0.29) is 22.2 Å². The summed E-state index contributed by atoms with van der Waals surface area (Å²) >= 11 is 6.18. The van der Waals surface area contributed by atoms with Gasteiger partial charge >= 0.3 is 5.97 Å².